The first-order valence-corrected chi connectivity index (χ1v) is 7.85. The maximum absolute atomic E-state index is 12.4. The predicted octanol–water partition coefficient (Wildman–Crippen LogP) is 2.15. The lowest BCUT2D eigenvalue weighted by Crippen LogP contribution is -2.35. The van der Waals surface area contributed by atoms with Crippen LogP contribution >= 0.6 is 0 Å². The molecule has 0 unspecified atom stereocenters. The fourth-order valence-corrected chi connectivity index (χ4v) is 3.19. The van der Waals surface area contributed by atoms with E-state index in [1.165, 1.54) is 12.1 Å². The van der Waals surface area contributed by atoms with Crippen molar-refractivity contribution in [1.29, 1.82) is 0 Å². The van der Waals surface area contributed by atoms with Crippen molar-refractivity contribution in [3.8, 4) is 0 Å². The minimum Gasteiger partial charge on any atom is -0.316 e. The van der Waals surface area contributed by atoms with Gasteiger partial charge in [0.1, 0.15) is 6.54 Å². The van der Waals surface area contributed by atoms with Gasteiger partial charge >= 0.3 is 6.18 Å². The van der Waals surface area contributed by atoms with Crippen molar-refractivity contribution in [2.75, 3.05) is 20.6 Å². The molecule has 0 aliphatic heterocycles. The molecule has 0 aromatic heterocycles. The number of benzene rings is 1. The fraction of sp³-hybridized carbons (Fsp3) is 0.538. The van der Waals surface area contributed by atoms with E-state index in [1.807, 2.05) is 6.92 Å². The summed E-state index contributed by atoms with van der Waals surface area (Å²) < 4.78 is 61.7. The molecule has 0 aliphatic rings. The smallest absolute Gasteiger partial charge is 0.316 e. The van der Waals surface area contributed by atoms with Crippen LogP contribution in [0.5, 0.6) is 0 Å². The van der Waals surface area contributed by atoms with Gasteiger partial charge in [-0.1, -0.05) is 13.0 Å². The molecule has 120 valence electrons. The molecule has 0 saturated heterocycles. The van der Waals surface area contributed by atoms with E-state index in [-0.39, 0.29) is 4.90 Å². The van der Waals surface area contributed by atoms with Crippen molar-refractivity contribution in [2.24, 2.45) is 0 Å². The Morgan fingerprint density at radius 3 is 2.33 bits per heavy atom. The largest absolute Gasteiger partial charge is 0.402 e. The number of halogens is 3. The second kappa shape index (κ2) is 6.76. The summed E-state index contributed by atoms with van der Waals surface area (Å²) in [4.78, 5) is -0.128. The molecular weight excluding hydrogens is 305 g/mol. The van der Waals surface area contributed by atoms with Crippen molar-refractivity contribution in [1.82, 2.24) is 9.62 Å². The van der Waals surface area contributed by atoms with Gasteiger partial charge in [0, 0.05) is 13.6 Å². The first-order valence-electron chi connectivity index (χ1n) is 6.41. The summed E-state index contributed by atoms with van der Waals surface area (Å²) in [6.07, 6.45) is -3.85. The zero-order valence-electron chi connectivity index (χ0n) is 12.2. The Balaban J connectivity index is 3.16. The van der Waals surface area contributed by atoms with Gasteiger partial charge in [0.05, 0.1) is 4.90 Å². The Bertz CT molecular complexity index is 586. The van der Waals surface area contributed by atoms with E-state index in [0.717, 1.165) is 24.6 Å². The zero-order chi connectivity index (χ0) is 16.3. The molecule has 4 nitrogen and oxygen atoms in total. The molecule has 1 aromatic carbocycles. The summed E-state index contributed by atoms with van der Waals surface area (Å²) in [5.41, 5.74) is 1.73. The van der Waals surface area contributed by atoms with Gasteiger partial charge in [-0.25, -0.2) is 8.42 Å². The summed E-state index contributed by atoms with van der Waals surface area (Å²) >= 11 is 0. The highest BCUT2D eigenvalue weighted by Crippen LogP contribution is 2.23. The number of aryl methyl sites for hydroxylation is 1. The Kier molecular flexibility index (Phi) is 5.77. The Hall–Kier alpha value is -1.12. The van der Waals surface area contributed by atoms with E-state index in [1.54, 1.807) is 13.1 Å². The molecule has 8 heteroatoms. The maximum atomic E-state index is 12.4. The number of nitrogens with zero attached hydrogens (tertiary/aromatic N) is 1. The topological polar surface area (TPSA) is 49.4 Å². The standard InChI is InChI=1S/C13H19F3N2O2S/c1-4-10-5-6-12(7-11(10)8-17-2)21(19,20)18(3)9-13(14,15)16/h5-7,17H,4,8-9H2,1-3H3. The highest BCUT2D eigenvalue weighted by atomic mass is 32.2. The maximum Gasteiger partial charge on any atom is 0.402 e. The average Bonchev–Trinajstić information content (AvgIpc) is 2.37. The Morgan fingerprint density at radius 1 is 1.24 bits per heavy atom. The summed E-state index contributed by atoms with van der Waals surface area (Å²) in [5.74, 6) is 0. The van der Waals surface area contributed by atoms with Gasteiger partial charge in [-0.15, -0.1) is 0 Å². The molecule has 1 rings (SSSR count). The highest BCUT2D eigenvalue weighted by molar-refractivity contribution is 7.89. The van der Waals surface area contributed by atoms with Crippen LogP contribution in [-0.4, -0.2) is 39.5 Å². The molecule has 0 heterocycles. The lowest BCUT2D eigenvalue weighted by atomic mass is 10.1. The second-order valence-corrected chi connectivity index (χ2v) is 6.74. The summed E-state index contributed by atoms with van der Waals surface area (Å²) in [7, 11) is -1.51. The number of hydrogen-bond acceptors (Lipinski definition) is 3. The molecule has 0 fully saturated rings. The number of sulfonamides is 1. The lowest BCUT2D eigenvalue weighted by molar-refractivity contribution is -0.134. The first kappa shape index (κ1) is 17.9. The highest BCUT2D eigenvalue weighted by Gasteiger charge is 2.34. The van der Waals surface area contributed by atoms with Crippen LogP contribution in [0.2, 0.25) is 0 Å². The van der Waals surface area contributed by atoms with Gasteiger partial charge in [0.25, 0.3) is 0 Å². The van der Waals surface area contributed by atoms with Crippen LogP contribution in [0.15, 0.2) is 23.1 Å². The molecule has 0 aliphatic carbocycles. The number of rotatable bonds is 6. The molecule has 0 radical (unpaired) electrons. The molecule has 1 N–H and O–H groups in total. The number of alkyl halides is 3. The van der Waals surface area contributed by atoms with Gasteiger partial charge in [-0.2, -0.15) is 17.5 Å². The van der Waals surface area contributed by atoms with Crippen LogP contribution in [0.4, 0.5) is 13.2 Å². The Morgan fingerprint density at radius 2 is 1.86 bits per heavy atom. The monoisotopic (exact) mass is 324 g/mol. The van der Waals surface area contributed by atoms with Crippen LogP contribution in [-0.2, 0) is 23.0 Å². The molecule has 0 atom stereocenters. The van der Waals surface area contributed by atoms with Gasteiger partial charge < -0.3 is 5.32 Å². The molecule has 0 amide bonds. The minimum absolute atomic E-state index is 0.128. The van der Waals surface area contributed by atoms with Crippen LogP contribution in [0.3, 0.4) is 0 Å². The van der Waals surface area contributed by atoms with Crippen molar-refractivity contribution < 1.29 is 21.6 Å². The molecule has 21 heavy (non-hydrogen) atoms. The van der Waals surface area contributed by atoms with Gasteiger partial charge in [-0.05, 0) is 36.7 Å². The minimum atomic E-state index is -4.57. The van der Waals surface area contributed by atoms with Crippen LogP contribution in [0, 0.1) is 0 Å². The van der Waals surface area contributed by atoms with Gasteiger partial charge in [-0.3, -0.25) is 0 Å². The quantitative estimate of drug-likeness (QED) is 0.872. The molecule has 0 bridgehead atoms. The second-order valence-electron chi connectivity index (χ2n) is 4.69. The predicted molar refractivity (Wildman–Crippen MR) is 74.5 cm³/mol. The Labute approximate surface area is 123 Å². The summed E-state index contributed by atoms with van der Waals surface area (Å²) in [5, 5.41) is 2.92. The van der Waals surface area contributed by atoms with E-state index in [9.17, 15) is 21.6 Å². The SMILES string of the molecule is CCc1ccc(S(=O)(=O)N(C)CC(F)(F)F)cc1CNC. The van der Waals surface area contributed by atoms with E-state index in [4.69, 9.17) is 0 Å². The van der Waals surface area contributed by atoms with Gasteiger partial charge in [0.2, 0.25) is 10.0 Å². The van der Waals surface area contributed by atoms with Crippen LogP contribution < -0.4 is 5.32 Å². The van der Waals surface area contributed by atoms with Crippen molar-refractivity contribution in [3.63, 3.8) is 0 Å². The molecule has 0 spiro atoms. The van der Waals surface area contributed by atoms with Crippen molar-refractivity contribution >= 4 is 10.0 Å². The normalized spacial score (nSPS) is 12.9. The third kappa shape index (κ3) is 4.69. The fourth-order valence-electron chi connectivity index (χ4n) is 1.98. The molecule has 0 saturated carbocycles. The van der Waals surface area contributed by atoms with Crippen molar-refractivity contribution in [3.05, 3.63) is 29.3 Å². The van der Waals surface area contributed by atoms with Gasteiger partial charge in [0.15, 0.2) is 0 Å². The molecule has 1 aromatic rings. The first-order chi connectivity index (χ1) is 9.61. The zero-order valence-corrected chi connectivity index (χ0v) is 13.0. The van der Waals surface area contributed by atoms with E-state index in [2.05, 4.69) is 5.32 Å². The van der Waals surface area contributed by atoms with E-state index < -0.39 is 22.7 Å². The third-order valence-corrected chi connectivity index (χ3v) is 4.84. The van der Waals surface area contributed by atoms with E-state index in [0.29, 0.717) is 10.8 Å². The van der Waals surface area contributed by atoms with Crippen LogP contribution in [0.1, 0.15) is 18.1 Å². The summed E-state index contributed by atoms with van der Waals surface area (Å²) in [6.45, 7) is 0.875. The third-order valence-electron chi connectivity index (χ3n) is 3.04. The van der Waals surface area contributed by atoms with Crippen molar-refractivity contribution in [2.45, 2.75) is 31.0 Å². The number of hydrogen-bond donors (Lipinski definition) is 1. The average molecular weight is 324 g/mol. The number of nitrogens with one attached hydrogen (secondary N) is 1. The lowest BCUT2D eigenvalue weighted by Gasteiger charge is -2.19. The molecular formula is C13H19F3N2O2S. The van der Waals surface area contributed by atoms with Crippen LogP contribution in [0.25, 0.3) is 0 Å². The summed E-state index contributed by atoms with van der Waals surface area (Å²) in [6, 6.07) is 4.42. The van der Waals surface area contributed by atoms with E-state index >= 15 is 0 Å².